The molecule has 8 nitrogen and oxygen atoms in total. The Balaban J connectivity index is 1.07. The van der Waals surface area contributed by atoms with Gasteiger partial charge in [-0.15, -0.1) is 0 Å². The van der Waals surface area contributed by atoms with Gasteiger partial charge in [-0.1, -0.05) is 42.8 Å². The van der Waals surface area contributed by atoms with E-state index < -0.39 is 17.9 Å². The molecule has 4 aliphatic rings. The third-order valence-corrected chi connectivity index (χ3v) is 11.8. The number of esters is 1. The highest BCUT2D eigenvalue weighted by atomic mass is 16.6. The highest BCUT2D eigenvalue weighted by Gasteiger charge is 2.59. The highest BCUT2D eigenvalue weighted by Crippen LogP contribution is 2.66. The summed E-state index contributed by atoms with van der Waals surface area (Å²) in [7, 11) is 1.32. The number of para-hydroxylation sites is 1. The van der Waals surface area contributed by atoms with Crippen LogP contribution in [0.25, 0.3) is 10.9 Å². The number of carbonyl (C=O) groups excluding carboxylic acids is 3. The van der Waals surface area contributed by atoms with Crippen LogP contribution in [-0.2, 0) is 30.4 Å². The summed E-state index contributed by atoms with van der Waals surface area (Å²) in [6, 6.07) is 7.01. The standard InChI is InChI=1S/C35H45N3O5/c1-21(39)27-11-12-28-26-10-9-23-18-24(13-15-34(23,2)29(26)14-16-35(27,28)3)38-43-20-32(40)37-31(33(41)42-4)17-22-19-36-30-8-6-5-7-25(22)30/h5-8,18-19,26-29,31,36H,9-17,20H2,1-4H3,(H,37,40)/t26-,27+,28-,29-,31-,34-,35+/m0/s1. The first kappa shape index (κ1) is 29.6. The molecule has 1 heterocycles. The summed E-state index contributed by atoms with van der Waals surface area (Å²) in [5, 5.41) is 8.12. The van der Waals surface area contributed by atoms with Crippen LogP contribution in [0.15, 0.2) is 47.3 Å². The molecule has 0 unspecified atom stereocenters. The lowest BCUT2D eigenvalue weighted by Gasteiger charge is -2.58. The topological polar surface area (TPSA) is 110 Å². The van der Waals surface area contributed by atoms with Gasteiger partial charge >= 0.3 is 5.97 Å². The number of Topliss-reactive ketones (excluding diaryl/α,β-unsaturated/α-hetero) is 1. The second kappa shape index (κ2) is 11.6. The van der Waals surface area contributed by atoms with Gasteiger partial charge in [-0.05, 0) is 105 Å². The van der Waals surface area contributed by atoms with Gasteiger partial charge in [0.25, 0.3) is 5.91 Å². The van der Waals surface area contributed by atoms with Crippen molar-refractivity contribution in [3.05, 3.63) is 47.7 Å². The van der Waals surface area contributed by atoms with Gasteiger partial charge in [-0.2, -0.15) is 0 Å². The Kier molecular flexibility index (Phi) is 7.99. The number of fused-ring (bicyclic) bond motifs is 6. The van der Waals surface area contributed by atoms with E-state index in [1.807, 2.05) is 30.5 Å². The molecular formula is C35H45N3O5. The van der Waals surface area contributed by atoms with Gasteiger partial charge in [0.1, 0.15) is 11.8 Å². The van der Waals surface area contributed by atoms with E-state index in [4.69, 9.17) is 9.57 Å². The van der Waals surface area contributed by atoms with Crippen molar-refractivity contribution in [2.75, 3.05) is 13.7 Å². The summed E-state index contributed by atoms with van der Waals surface area (Å²) in [6.07, 6.45) is 13.1. The molecule has 2 N–H and O–H groups in total. The molecule has 230 valence electrons. The molecule has 0 saturated heterocycles. The molecule has 43 heavy (non-hydrogen) atoms. The van der Waals surface area contributed by atoms with Crippen molar-refractivity contribution in [1.29, 1.82) is 0 Å². The highest BCUT2D eigenvalue weighted by molar-refractivity contribution is 5.96. The number of nitrogens with zero attached hydrogens (tertiary/aromatic N) is 1. The SMILES string of the molecule is COC(=O)[C@H](Cc1c[nH]c2ccccc12)NC(=O)CON=C1C=C2CC[C@H]3[C@@H]4CC[C@H](C(C)=O)[C@@]4(C)CC[C@@H]3[C@@]2(C)CC1. The number of methoxy groups -OCH3 is 1. The number of ketones is 1. The molecule has 0 bridgehead atoms. The maximum Gasteiger partial charge on any atom is 0.328 e. The summed E-state index contributed by atoms with van der Waals surface area (Å²) < 4.78 is 4.96. The Morgan fingerprint density at radius 2 is 1.88 bits per heavy atom. The Morgan fingerprint density at radius 1 is 1.07 bits per heavy atom. The number of oxime groups is 1. The second-order valence-electron chi connectivity index (χ2n) is 13.9. The number of nitrogens with one attached hydrogen (secondary N) is 2. The van der Waals surface area contributed by atoms with Crippen LogP contribution >= 0.6 is 0 Å². The smallest absolute Gasteiger partial charge is 0.328 e. The van der Waals surface area contributed by atoms with Crippen molar-refractivity contribution in [3.8, 4) is 0 Å². The van der Waals surface area contributed by atoms with E-state index >= 15 is 0 Å². The van der Waals surface area contributed by atoms with Crippen LogP contribution in [0.3, 0.4) is 0 Å². The zero-order valence-electron chi connectivity index (χ0n) is 25.9. The molecule has 3 fully saturated rings. The molecule has 1 aromatic heterocycles. The average molecular weight is 588 g/mol. The van der Waals surface area contributed by atoms with Gasteiger partial charge in [0.2, 0.25) is 0 Å². The number of H-pyrrole nitrogens is 1. The third kappa shape index (κ3) is 5.31. The molecule has 7 atom stereocenters. The fourth-order valence-electron chi connectivity index (χ4n) is 9.58. The molecule has 4 aliphatic carbocycles. The van der Waals surface area contributed by atoms with Crippen molar-refractivity contribution in [3.63, 3.8) is 0 Å². The molecule has 6 rings (SSSR count). The minimum atomic E-state index is -0.830. The van der Waals surface area contributed by atoms with Gasteiger partial charge in [0.15, 0.2) is 6.61 Å². The number of allylic oxidation sites excluding steroid dienone is 2. The number of ether oxygens (including phenoxy) is 1. The van der Waals surface area contributed by atoms with Gasteiger partial charge < -0.3 is 19.9 Å². The summed E-state index contributed by atoms with van der Waals surface area (Å²) >= 11 is 0. The first-order valence-corrected chi connectivity index (χ1v) is 16.0. The number of aromatic amines is 1. The summed E-state index contributed by atoms with van der Waals surface area (Å²) in [5.41, 5.74) is 4.56. The minimum Gasteiger partial charge on any atom is -0.467 e. The first-order valence-electron chi connectivity index (χ1n) is 16.0. The Hall–Kier alpha value is -3.42. The second-order valence-corrected chi connectivity index (χ2v) is 13.9. The number of aromatic nitrogens is 1. The van der Waals surface area contributed by atoms with E-state index in [1.165, 1.54) is 31.9 Å². The minimum absolute atomic E-state index is 0.158. The lowest BCUT2D eigenvalue weighted by atomic mass is 9.46. The molecule has 0 aliphatic heterocycles. The predicted molar refractivity (Wildman–Crippen MR) is 165 cm³/mol. The van der Waals surface area contributed by atoms with E-state index in [2.05, 4.69) is 35.4 Å². The molecule has 8 heteroatoms. The normalized spacial score (nSPS) is 33.1. The Morgan fingerprint density at radius 3 is 2.67 bits per heavy atom. The van der Waals surface area contributed by atoms with Gasteiger partial charge in [-0.3, -0.25) is 9.59 Å². The van der Waals surface area contributed by atoms with Crippen LogP contribution in [-0.4, -0.2) is 48.1 Å². The molecule has 3 saturated carbocycles. The van der Waals surface area contributed by atoms with Crippen molar-refractivity contribution in [1.82, 2.24) is 10.3 Å². The number of hydrogen-bond acceptors (Lipinski definition) is 6. The lowest BCUT2D eigenvalue weighted by Crippen LogP contribution is -2.51. The Bertz CT molecular complexity index is 1470. The van der Waals surface area contributed by atoms with Crippen molar-refractivity contribution < 1.29 is 24.0 Å². The molecule has 1 amide bonds. The average Bonchev–Trinajstić information content (AvgIpc) is 3.57. The molecular weight excluding hydrogens is 542 g/mol. The van der Waals surface area contributed by atoms with Crippen molar-refractivity contribution in [2.45, 2.75) is 84.6 Å². The molecule has 2 aromatic rings. The van der Waals surface area contributed by atoms with Crippen molar-refractivity contribution in [2.24, 2.45) is 39.7 Å². The van der Waals surface area contributed by atoms with E-state index in [-0.39, 0.29) is 23.4 Å². The first-order chi connectivity index (χ1) is 20.6. The fraction of sp³-hybridized carbons (Fsp3) is 0.600. The van der Waals surface area contributed by atoms with Crippen LogP contribution in [0.4, 0.5) is 0 Å². The quantitative estimate of drug-likeness (QED) is 0.295. The number of hydrogen-bond donors (Lipinski definition) is 2. The molecule has 0 radical (unpaired) electrons. The lowest BCUT2D eigenvalue weighted by molar-refractivity contribution is -0.145. The number of benzene rings is 1. The summed E-state index contributed by atoms with van der Waals surface area (Å²) in [5.74, 6) is 1.69. The zero-order valence-corrected chi connectivity index (χ0v) is 25.9. The van der Waals surface area contributed by atoms with E-state index in [0.29, 0.717) is 30.0 Å². The fourth-order valence-corrected chi connectivity index (χ4v) is 9.58. The molecule has 0 spiro atoms. The van der Waals surface area contributed by atoms with Gasteiger partial charge in [-0.25, -0.2) is 4.79 Å². The predicted octanol–water partition coefficient (Wildman–Crippen LogP) is 5.91. The van der Waals surface area contributed by atoms with Gasteiger partial charge in [0.05, 0.1) is 12.8 Å². The maximum atomic E-state index is 12.8. The van der Waals surface area contributed by atoms with Crippen LogP contribution in [0, 0.1) is 34.5 Å². The van der Waals surface area contributed by atoms with E-state index in [0.717, 1.165) is 54.3 Å². The number of carbonyl (C=O) groups is 3. The Labute approximate surface area is 254 Å². The number of rotatable bonds is 8. The zero-order chi connectivity index (χ0) is 30.4. The largest absolute Gasteiger partial charge is 0.467 e. The van der Waals surface area contributed by atoms with Crippen LogP contribution < -0.4 is 5.32 Å². The van der Waals surface area contributed by atoms with Crippen molar-refractivity contribution >= 4 is 34.3 Å². The monoisotopic (exact) mass is 587 g/mol. The van der Waals surface area contributed by atoms with Crippen LogP contribution in [0.2, 0.25) is 0 Å². The van der Waals surface area contributed by atoms with E-state index in [1.54, 1.807) is 6.92 Å². The summed E-state index contributed by atoms with van der Waals surface area (Å²) in [6.45, 7) is 6.37. The third-order valence-electron chi connectivity index (χ3n) is 11.8. The van der Waals surface area contributed by atoms with Crippen LogP contribution in [0.5, 0.6) is 0 Å². The number of amides is 1. The summed E-state index contributed by atoms with van der Waals surface area (Å²) in [4.78, 5) is 46.4. The van der Waals surface area contributed by atoms with Crippen LogP contribution in [0.1, 0.15) is 77.7 Å². The van der Waals surface area contributed by atoms with Gasteiger partial charge in [0, 0.05) is 29.4 Å². The molecule has 1 aromatic carbocycles. The maximum absolute atomic E-state index is 12.8. The van der Waals surface area contributed by atoms with E-state index in [9.17, 15) is 14.4 Å².